The average Bonchev–Trinajstić information content (AvgIpc) is 3.28. The van der Waals surface area contributed by atoms with Crippen LogP contribution < -0.4 is 0 Å². The molecule has 2 heterocycles. The predicted molar refractivity (Wildman–Crippen MR) is 130 cm³/mol. The summed E-state index contributed by atoms with van der Waals surface area (Å²) in [6.45, 7) is 7.71. The van der Waals surface area contributed by atoms with Crippen molar-refractivity contribution in [3.05, 3.63) is 81.6 Å². The van der Waals surface area contributed by atoms with Crippen LogP contribution in [0.1, 0.15) is 47.1 Å². The highest BCUT2D eigenvalue weighted by Crippen LogP contribution is 2.28. The monoisotopic (exact) mass is 451 g/mol. The molecule has 0 fully saturated rings. The van der Waals surface area contributed by atoms with Gasteiger partial charge in [-0.2, -0.15) is 0 Å². The topological polar surface area (TPSA) is 38.1 Å². The summed E-state index contributed by atoms with van der Waals surface area (Å²) in [4.78, 5) is 19.7. The van der Waals surface area contributed by atoms with E-state index in [-0.39, 0.29) is 5.91 Å². The van der Waals surface area contributed by atoms with Crippen molar-refractivity contribution >= 4 is 39.1 Å². The van der Waals surface area contributed by atoms with Gasteiger partial charge in [0.1, 0.15) is 0 Å². The van der Waals surface area contributed by atoms with E-state index in [0.717, 1.165) is 35.3 Å². The maximum atomic E-state index is 13.4. The summed E-state index contributed by atoms with van der Waals surface area (Å²) in [5, 5.41) is 0. The zero-order chi connectivity index (χ0) is 22.0. The molecule has 6 heteroatoms. The van der Waals surface area contributed by atoms with Gasteiger partial charge in [0.05, 0.1) is 10.2 Å². The van der Waals surface area contributed by atoms with Crippen LogP contribution in [-0.4, -0.2) is 26.9 Å². The maximum Gasteiger partial charge on any atom is 0.254 e. The molecule has 160 valence electrons. The Hall–Kier alpha value is -2.63. The molecule has 0 atom stereocenters. The molecule has 0 unspecified atom stereocenters. The molecule has 0 aliphatic heterocycles. The zero-order valence-corrected chi connectivity index (χ0v) is 19.6. The third-order valence-electron chi connectivity index (χ3n) is 5.59. The van der Waals surface area contributed by atoms with E-state index >= 15 is 0 Å². The first-order valence-electron chi connectivity index (χ1n) is 10.6. The van der Waals surface area contributed by atoms with Gasteiger partial charge in [0.25, 0.3) is 5.91 Å². The van der Waals surface area contributed by atoms with Crippen LogP contribution in [0.4, 0.5) is 0 Å². The van der Waals surface area contributed by atoms with Crippen molar-refractivity contribution in [3.8, 4) is 5.69 Å². The normalized spacial score (nSPS) is 11.2. The molecule has 2 aromatic heterocycles. The molecule has 0 aliphatic carbocycles. The van der Waals surface area contributed by atoms with Crippen LogP contribution in [0.5, 0.6) is 0 Å². The van der Waals surface area contributed by atoms with Crippen molar-refractivity contribution < 1.29 is 4.79 Å². The lowest BCUT2D eigenvalue weighted by molar-refractivity contribution is 0.0741. The molecule has 2 aromatic carbocycles. The Balaban J connectivity index is 1.64. The Bertz CT molecular complexity index is 1210. The second kappa shape index (κ2) is 9.25. The van der Waals surface area contributed by atoms with Crippen molar-refractivity contribution in [2.45, 2.75) is 40.2 Å². The van der Waals surface area contributed by atoms with Gasteiger partial charge >= 0.3 is 0 Å². The number of nitrogens with zero attached hydrogens (tertiary/aromatic N) is 3. The third-order valence-corrected chi connectivity index (χ3v) is 6.71. The lowest BCUT2D eigenvalue weighted by Crippen LogP contribution is -2.31. The molecule has 0 N–H and O–H groups in total. The van der Waals surface area contributed by atoms with Gasteiger partial charge in [0.2, 0.25) is 0 Å². The number of hydrogen-bond donors (Lipinski definition) is 0. The number of aromatic nitrogens is 2. The van der Waals surface area contributed by atoms with Gasteiger partial charge in [0, 0.05) is 35.7 Å². The highest BCUT2D eigenvalue weighted by Gasteiger charge is 2.20. The summed E-state index contributed by atoms with van der Waals surface area (Å²) in [7, 11) is 0. The lowest BCUT2D eigenvalue weighted by Gasteiger charge is -2.23. The van der Waals surface area contributed by atoms with E-state index in [1.807, 2.05) is 41.3 Å². The molecule has 0 saturated carbocycles. The average molecular weight is 452 g/mol. The molecular formula is C25H26ClN3OS. The smallest absolute Gasteiger partial charge is 0.254 e. The van der Waals surface area contributed by atoms with Crippen LogP contribution >= 0.6 is 22.9 Å². The fourth-order valence-corrected chi connectivity index (χ4v) is 5.05. The Morgan fingerprint density at radius 3 is 2.65 bits per heavy atom. The van der Waals surface area contributed by atoms with E-state index in [4.69, 9.17) is 11.6 Å². The number of aryl methyl sites for hydroxylation is 1. The quantitative estimate of drug-likeness (QED) is 0.310. The van der Waals surface area contributed by atoms with Gasteiger partial charge in [0.15, 0.2) is 4.47 Å². The molecule has 0 saturated heterocycles. The number of carbonyl (C=O) groups excluding carboxylic acids is 1. The Kier molecular flexibility index (Phi) is 6.44. The predicted octanol–water partition coefficient (Wildman–Crippen LogP) is 6.80. The zero-order valence-electron chi connectivity index (χ0n) is 18.1. The van der Waals surface area contributed by atoms with Crippen molar-refractivity contribution in [3.63, 3.8) is 0 Å². The van der Waals surface area contributed by atoms with Crippen LogP contribution in [0.2, 0.25) is 4.47 Å². The second-order valence-corrected chi connectivity index (χ2v) is 9.41. The van der Waals surface area contributed by atoms with Gasteiger partial charge in [-0.15, -0.1) is 11.3 Å². The minimum atomic E-state index is 0.0457. The van der Waals surface area contributed by atoms with E-state index in [9.17, 15) is 4.79 Å². The van der Waals surface area contributed by atoms with Gasteiger partial charge in [-0.3, -0.25) is 4.79 Å². The summed E-state index contributed by atoms with van der Waals surface area (Å²) in [5.41, 5.74) is 6.17. The molecule has 4 nitrogen and oxygen atoms in total. The Morgan fingerprint density at radius 2 is 1.90 bits per heavy atom. The molecule has 0 bridgehead atoms. The largest absolute Gasteiger partial charge is 0.334 e. The summed E-state index contributed by atoms with van der Waals surface area (Å²) in [6.07, 6.45) is 2.01. The van der Waals surface area contributed by atoms with E-state index in [1.54, 1.807) is 0 Å². The number of para-hydroxylation sites is 1. The minimum Gasteiger partial charge on any atom is -0.334 e. The van der Waals surface area contributed by atoms with Crippen LogP contribution in [0, 0.1) is 13.8 Å². The van der Waals surface area contributed by atoms with Crippen molar-refractivity contribution in [1.82, 2.24) is 14.5 Å². The summed E-state index contributed by atoms with van der Waals surface area (Å²) in [6, 6.07) is 18.2. The number of benzene rings is 2. The molecular weight excluding hydrogens is 426 g/mol. The van der Waals surface area contributed by atoms with Crippen LogP contribution in [0.25, 0.3) is 15.9 Å². The van der Waals surface area contributed by atoms with Crippen molar-refractivity contribution in [2.75, 3.05) is 6.54 Å². The number of unbranched alkanes of at least 4 members (excludes halogenated alkanes) is 1. The number of rotatable bonds is 7. The lowest BCUT2D eigenvalue weighted by atomic mass is 10.1. The van der Waals surface area contributed by atoms with Crippen molar-refractivity contribution in [1.29, 1.82) is 0 Å². The SMILES string of the molecule is CCCCN(Cc1cc(C)n(-c2ccccc2)c1C)C(=O)c1ccc2nc(Cl)sc2c1. The fraction of sp³-hybridized carbons (Fsp3) is 0.280. The van der Waals surface area contributed by atoms with Crippen molar-refractivity contribution in [2.24, 2.45) is 0 Å². The van der Waals surface area contributed by atoms with E-state index in [1.165, 1.54) is 28.3 Å². The van der Waals surface area contributed by atoms with E-state index < -0.39 is 0 Å². The highest BCUT2D eigenvalue weighted by molar-refractivity contribution is 7.22. The van der Waals surface area contributed by atoms with Crippen LogP contribution in [-0.2, 0) is 6.54 Å². The van der Waals surface area contributed by atoms with Gasteiger partial charge < -0.3 is 9.47 Å². The third kappa shape index (κ3) is 4.53. The van der Waals surface area contributed by atoms with Gasteiger partial charge in [-0.1, -0.05) is 43.1 Å². The first-order chi connectivity index (χ1) is 15.0. The van der Waals surface area contributed by atoms with E-state index in [2.05, 4.69) is 48.5 Å². The summed E-state index contributed by atoms with van der Waals surface area (Å²) < 4.78 is 3.69. The molecule has 0 spiro atoms. The van der Waals surface area contributed by atoms with Gasteiger partial charge in [-0.25, -0.2) is 4.98 Å². The fourth-order valence-electron chi connectivity index (χ4n) is 3.98. The number of thiazole rings is 1. The summed E-state index contributed by atoms with van der Waals surface area (Å²) >= 11 is 7.45. The number of carbonyl (C=O) groups is 1. The number of halogens is 1. The second-order valence-electron chi connectivity index (χ2n) is 7.80. The van der Waals surface area contributed by atoms with Crippen LogP contribution in [0.3, 0.4) is 0 Å². The Morgan fingerprint density at radius 1 is 1.13 bits per heavy atom. The number of hydrogen-bond acceptors (Lipinski definition) is 3. The molecule has 0 radical (unpaired) electrons. The molecule has 4 aromatic rings. The van der Waals surface area contributed by atoms with E-state index in [0.29, 0.717) is 16.6 Å². The molecule has 4 rings (SSSR count). The minimum absolute atomic E-state index is 0.0457. The first kappa shape index (κ1) is 21.6. The molecule has 1 amide bonds. The highest BCUT2D eigenvalue weighted by atomic mass is 35.5. The maximum absolute atomic E-state index is 13.4. The Labute approximate surface area is 192 Å². The molecule has 0 aliphatic rings. The first-order valence-corrected chi connectivity index (χ1v) is 11.8. The molecule has 31 heavy (non-hydrogen) atoms. The van der Waals surface area contributed by atoms with Crippen LogP contribution in [0.15, 0.2) is 54.6 Å². The number of fused-ring (bicyclic) bond motifs is 1. The van der Waals surface area contributed by atoms with Gasteiger partial charge in [-0.05, 0) is 62.2 Å². The standard InChI is InChI=1S/C25H26ClN3OS/c1-4-5-13-28(24(30)19-11-12-22-23(15-19)31-25(26)27-22)16-20-14-17(2)29(18(20)3)21-9-7-6-8-10-21/h6-12,14-15H,4-5,13,16H2,1-3H3. The number of amides is 1. The summed E-state index contributed by atoms with van der Waals surface area (Å²) in [5.74, 6) is 0.0457.